The quantitative estimate of drug-likeness (QED) is 0.644. The lowest BCUT2D eigenvalue weighted by Gasteiger charge is -2.15. The molecule has 1 atom stereocenters. The number of ketones is 1. The summed E-state index contributed by atoms with van der Waals surface area (Å²) in [5, 5.41) is 0. The Kier molecular flexibility index (Phi) is 7.67. The first-order valence-corrected chi connectivity index (χ1v) is 11.8. The van der Waals surface area contributed by atoms with Gasteiger partial charge in [-0.15, -0.1) is 12.4 Å². The predicted octanol–water partition coefficient (Wildman–Crippen LogP) is 4.70. The van der Waals surface area contributed by atoms with Crippen molar-refractivity contribution in [3.63, 3.8) is 0 Å². The Balaban J connectivity index is 0.00000320. The Morgan fingerprint density at radius 2 is 1.67 bits per heavy atom. The lowest BCUT2D eigenvalue weighted by molar-refractivity contribution is -0.117. The lowest BCUT2D eigenvalue weighted by atomic mass is 9.93. The number of hydrogen-bond acceptors (Lipinski definition) is 4. The minimum absolute atomic E-state index is 0. The number of allylic oxidation sites excluding steroid dienone is 2. The van der Waals surface area contributed by atoms with Crippen LogP contribution in [0.2, 0.25) is 0 Å². The normalized spacial score (nSPS) is 17.0. The monoisotopic (exact) mass is 447 g/mol. The van der Waals surface area contributed by atoms with E-state index in [0.29, 0.717) is 23.8 Å². The molecule has 0 saturated heterocycles. The summed E-state index contributed by atoms with van der Waals surface area (Å²) in [5.41, 5.74) is 4.83. The molecule has 0 amide bonds. The van der Waals surface area contributed by atoms with Crippen LogP contribution in [0.5, 0.6) is 0 Å². The van der Waals surface area contributed by atoms with Crippen molar-refractivity contribution >= 4 is 39.2 Å². The minimum atomic E-state index is -3.25. The molecule has 0 aliphatic heterocycles. The van der Waals surface area contributed by atoms with Crippen LogP contribution >= 0.6 is 12.4 Å². The number of carbonyl (C=O) groups is 1. The van der Waals surface area contributed by atoms with Gasteiger partial charge in [-0.2, -0.15) is 0 Å². The highest BCUT2D eigenvalue weighted by atomic mass is 35.5. The van der Waals surface area contributed by atoms with Crippen LogP contribution in [0, 0.1) is 5.92 Å². The van der Waals surface area contributed by atoms with Crippen LogP contribution in [0.1, 0.15) is 42.9 Å². The van der Waals surface area contributed by atoms with Crippen LogP contribution in [0.4, 0.5) is 0 Å². The summed E-state index contributed by atoms with van der Waals surface area (Å²) in [5.74, 6) is 0.455. The molecule has 0 spiro atoms. The fourth-order valence-corrected chi connectivity index (χ4v) is 4.55. The van der Waals surface area contributed by atoms with Crippen molar-refractivity contribution in [1.29, 1.82) is 0 Å². The molecule has 4 nitrogen and oxygen atoms in total. The molecule has 2 aromatic carbocycles. The molecule has 1 aliphatic carbocycles. The van der Waals surface area contributed by atoms with E-state index in [0.717, 1.165) is 22.3 Å². The van der Waals surface area contributed by atoms with Gasteiger partial charge < -0.3 is 4.90 Å². The van der Waals surface area contributed by atoms with Gasteiger partial charge in [0.05, 0.1) is 4.90 Å². The lowest BCUT2D eigenvalue weighted by Crippen LogP contribution is -2.25. The number of halogens is 1. The average Bonchev–Trinajstić information content (AvgIpc) is 2.97. The zero-order chi connectivity index (χ0) is 21.3. The van der Waals surface area contributed by atoms with Gasteiger partial charge in [0.1, 0.15) is 0 Å². The third-order valence-electron chi connectivity index (χ3n) is 5.43. The SMILES string of the molecule is CC(C)c1cccc(C2=C(c3ccc(S(C)(=O)=O)cc3)CC(CN(C)C)C2=O)c1.Cl. The van der Waals surface area contributed by atoms with Crippen molar-refractivity contribution in [2.75, 3.05) is 26.9 Å². The van der Waals surface area contributed by atoms with E-state index in [9.17, 15) is 13.2 Å². The van der Waals surface area contributed by atoms with E-state index in [1.807, 2.05) is 43.3 Å². The standard InChI is InChI=1S/C24H29NO3S.ClH/c1-16(2)18-7-6-8-19(13-18)23-22(14-20(24(23)26)15-25(3)4)17-9-11-21(12-10-17)29(5,27)28;/h6-13,16,20H,14-15H2,1-5H3;1H. The largest absolute Gasteiger partial charge is 0.309 e. The van der Waals surface area contributed by atoms with Crippen molar-refractivity contribution in [3.05, 3.63) is 65.2 Å². The summed E-state index contributed by atoms with van der Waals surface area (Å²) >= 11 is 0. The summed E-state index contributed by atoms with van der Waals surface area (Å²) < 4.78 is 23.6. The van der Waals surface area contributed by atoms with Gasteiger partial charge in [0.25, 0.3) is 0 Å². The first-order chi connectivity index (χ1) is 13.6. The van der Waals surface area contributed by atoms with Crippen LogP contribution in [-0.4, -0.2) is 46.0 Å². The Morgan fingerprint density at radius 1 is 1.03 bits per heavy atom. The van der Waals surface area contributed by atoms with E-state index >= 15 is 0 Å². The molecule has 1 aliphatic rings. The summed E-state index contributed by atoms with van der Waals surface area (Å²) in [6.45, 7) is 4.98. The van der Waals surface area contributed by atoms with Crippen molar-refractivity contribution in [2.45, 2.75) is 31.1 Å². The predicted molar refractivity (Wildman–Crippen MR) is 126 cm³/mol. The highest BCUT2D eigenvalue weighted by Crippen LogP contribution is 2.41. The van der Waals surface area contributed by atoms with Crippen molar-refractivity contribution < 1.29 is 13.2 Å². The summed E-state index contributed by atoms with van der Waals surface area (Å²) in [6, 6.07) is 15.1. The van der Waals surface area contributed by atoms with Crippen molar-refractivity contribution in [2.24, 2.45) is 5.92 Å². The first kappa shape index (κ1) is 24.3. The number of sulfone groups is 1. The molecule has 0 bridgehead atoms. The second-order valence-electron chi connectivity index (χ2n) is 8.46. The number of benzene rings is 2. The van der Waals surface area contributed by atoms with Gasteiger partial charge in [-0.25, -0.2) is 8.42 Å². The maximum absolute atomic E-state index is 13.4. The maximum Gasteiger partial charge on any atom is 0.175 e. The number of hydrogen-bond donors (Lipinski definition) is 0. The van der Waals surface area contributed by atoms with Gasteiger partial charge >= 0.3 is 0 Å². The molecule has 0 saturated carbocycles. The van der Waals surface area contributed by atoms with Crippen molar-refractivity contribution in [3.8, 4) is 0 Å². The number of rotatable bonds is 6. The average molecular weight is 448 g/mol. The van der Waals surface area contributed by atoms with Gasteiger partial charge in [0, 0.05) is 24.3 Å². The van der Waals surface area contributed by atoms with Gasteiger partial charge in [0.2, 0.25) is 0 Å². The van der Waals surface area contributed by atoms with Crippen LogP contribution in [0.15, 0.2) is 53.4 Å². The van der Waals surface area contributed by atoms with Crippen LogP contribution in [-0.2, 0) is 14.6 Å². The van der Waals surface area contributed by atoms with Crippen LogP contribution in [0.3, 0.4) is 0 Å². The summed E-state index contributed by atoms with van der Waals surface area (Å²) in [4.78, 5) is 15.7. The van der Waals surface area contributed by atoms with Crippen molar-refractivity contribution in [1.82, 2.24) is 4.90 Å². The van der Waals surface area contributed by atoms with Gasteiger partial charge in [0.15, 0.2) is 15.6 Å². The Morgan fingerprint density at radius 3 is 2.20 bits per heavy atom. The molecule has 0 N–H and O–H groups in total. The van der Waals surface area contributed by atoms with E-state index in [1.54, 1.807) is 12.1 Å². The highest BCUT2D eigenvalue weighted by Gasteiger charge is 2.34. The van der Waals surface area contributed by atoms with Gasteiger partial charge in [-0.05, 0) is 60.8 Å². The van der Waals surface area contributed by atoms with E-state index in [4.69, 9.17) is 0 Å². The fourth-order valence-electron chi connectivity index (χ4n) is 3.92. The van der Waals surface area contributed by atoms with E-state index in [1.165, 1.54) is 11.8 Å². The number of Topliss-reactive ketones (excluding diaryl/α,β-unsaturated/α-hetero) is 1. The fraction of sp³-hybridized carbons (Fsp3) is 0.375. The smallest absolute Gasteiger partial charge is 0.175 e. The molecule has 30 heavy (non-hydrogen) atoms. The third-order valence-corrected chi connectivity index (χ3v) is 6.56. The first-order valence-electron chi connectivity index (χ1n) is 9.91. The van der Waals surface area contributed by atoms with Gasteiger partial charge in [-0.3, -0.25) is 4.79 Å². The Labute approximate surface area is 186 Å². The molecule has 0 fully saturated rings. The van der Waals surface area contributed by atoms with Gasteiger partial charge in [-0.1, -0.05) is 50.2 Å². The van der Waals surface area contributed by atoms with E-state index < -0.39 is 9.84 Å². The number of nitrogens with zero attached hydrogens (tertiary/aromatic N) is 1. The topological polar surface area (TPSA) is 54.5 Å². The summed E-state index contributed by atoms with van der Waals surface area (Å²) in [7, 11) is 0.704. The molecule has 1 unspecified atom stereocenters. The van der Waals surface area contributed by atoms with E-state index in [-0.39, 0.29) is 24.1 Å². The molecule has 2 aromatic rings. The minimum Gasteiger partial charge on any atom is -0.309 e. The molecule has 0 heterocycles. The molecule has 0 radical (unpaired) electrons. The molecule has 6 heteroatoms. The Hall–Kier alpha value is -1.95. The highest BCUT2D eigenvalue weighted by molar-refractivity contribution is 7.90. The molecule has 162 valence electrons. The number of carbonyl (C=O) groups excluding carboxylic acids is 1. The Bertz CT molecular complexity index is 1050. The van der Waals surface area contributed by atoms with E-state index in [2.05, 4.69) is 26.0 Å². The molecule has 0 aromatic heterocycles. The zero-order valence-electron chi connectivity index (χ0n) is 18.2. The van der Waals surface area contributed by atoms with Crippen LogP contribution in [0.25, 0.3) is 11.1 Å². The molecular formula is C24H30ClNO3S. The third kappa shape index (κ3) is 5.20. The second-order valence-corrected chi connectivity index (χ2v) is 10.5. The maximum atomic E-state index is 13.4. The second kappa shape index (κ2) is 9.46. The van der Waals surface area contributed by atoms with Crippen LogP contribution < -0.4 is 0 Å². The molecular weight excluding hydrogens is 418 g/mol. The molecule has 3 rings (SSSR count). The summed E-state index contributed by atoms with van der Waals surface area (Å²) in [6.07, 6.45) is 1.87. The zero-order valence-corrected chi connectivity index (χ0v) is 19.8.